The molecule has 2 atom stereocenters. The lowest BCUT2D eigenvalue weighted by Gasteiger charge is -2.28. The first-order chi connectivity index (χ1) is 45.0. The number of phosphoric acid groups is 1. The molecule has 0 heterocycles. The number of rotatable bonds is 67. The van der Waals surface area contributed by atoms with Crippen LogP contribution in [0.15, 0.2) is 158 Å². The van der Waals surface area contributed by atoms with Crippen molar-refractivity contribution in [3.8, 4) is 0 Å². The van der Waals surface area contributed by atoms with Gasteiger partial charge in [-0.05, 0) is 122 Å². The van der Waals surface area contributed by atoms with E-state index in [-0.39, 0.29) is 32.0 Å². The fourth-order valence-corrected chi connectivity index (χ4v) is 10.7. The maximum atomic E-state index is 12.9. The normalized spacial score (nSPS) is 14.0. The van der Waals surface area contributed by atoms with E-state index in [0.717, 1.165) is 128 Å². The molecule has 92 heavy (non-hydrogen) atoms. The second-order valence-corrected chi connectivity index (χ2v) is 27.0. The lowest BCUT2D eigenvalue weighted by Crippen LogP contribution is -2.37. The van der Waals surface area contributed by atoms with Crippen molar-refractivity contribution in [3.63, 3.8) is 0 Å². The Hall–Kier alpha value is -4.37. The molecule has 0 aromatic heterocycles. The van der Waals surface area contributed by atoms with Crippen molar-refractivity contribution in [2.75, 3.05) is 47.5 Å². The SMILES string of the molecule is CC/C=C\C/C=C\C/C=C\C/C=C\C/C=C\C/C=C\C/C=C\C/C=C\CCCCCCCCCCC(=O)OC(COC(=O)CCCCCCCCCCCCCCCCCCCCC/C=C\C/C=C\C/C=C\C/C=C\C/C=C\CC)COP(=O)([O-])OCC[N+](C)(C)C. The molecule has 2 unspecified atom stereocenters. The third kappa shape index (κ3) is 74.7. The standard InChI is InChI=1S/C82H138NO8P/c1-6-8-10-12-14-16-18-20-22-24-26-28-30-32-34-36-38-40-41-43-44-46-48-50-52-54-56-58-60-62-64-66-68-70-72-74-81(84)88-78-80(79-90-92(86,87)89-77-76-83(3,4)5)91-82(85)75-73-71-69-67-65-63-61-59-57-55-53-51-49-47-45-42-39-37-35-33-31-29-27-25-23-21-19-17-15-13-11-9-7-2/h8-11,14-17,20-23,26-29,32-35,39,42,47,49,53,55,80H,6-7,12-13,18-19,24-25,30-31,36-38,40-41,43-46,48,50-52,54,56-79H2,1-5H3/b10-8-,11-9-,16-14-,17-15-,22-20-,23-21-,28-26-,29-27-,34-32-,35-33-,42-39-,49-47-,55-53-. The van der Waals surface area contributed by atoms with Gasteiger partial charge in [-0.15, -0.1) is 0 Å². The Morgan fingerprint density at radius 1 is 0.337 bits per heavy atom. The summed E-state index contributed by atoms with van der Waals surface area (Å²) in [6.07, 6.45) is 106. The predicted octanol–water partition coefficient (Wildman–Crippen LogP) is 24.1. The smallest absolute Gasteiger partial charge is 0.306 e. The summed E-state index contributed by atoms with van der Waals surface area (Å²) in [5.41, 5.74) is 0. The Balaban J connectivity index is 4.06. The van der Waals surface area contributed by atoms with Crippen molar-refractivity contribution in [1.29, 1.82) is 0 Å². The summed E-state index contributed by atoms with van der Waals surface area (Å²) < 4.78 is 34.4. The molecule has 0 amide bonds. The van der Waals surface area contributed by atoms with E-state index in [0.29, 0.717) is 17.4 Å². The van der Waals surface area contributed by atoms with Gasteiger partial charge < -0.3 is 27.9 Å². The number of likely N-dealkylation sites (N-methyl/N-ethyl adjacent to an activating group) is 1. The molecule has 0 aliphatic carbocycles. The van der Waals surface area contributed by atoms with Crippen LogP contribution in [-0.4, -0.2) is 70.0 Å². The van der Waals surface area contributed by atoms with Gasteiger partial charge in [0.1, 0.15) is 19.8 Å². The first-order valence-corrected chi connectivity index (χ1v) is 38.7. The number of hydrogen-bond acceptors (Lipinski definition) is 8. The lowest BCUT2D eigenvalue weighted by atomic mass is 10.0. The predicted molar refractivity (Wildman–Crippen MR) is 397 cm³/mol. The molecule has 0 saturated carbocycles. The van der Waals surface area contributed by atoms with Gasteiger partial charge in [0.25, 0.3) is 7.82 Å². The molecule has 0 N–H and O–H groups in total. The van der Waals surface area contributed by atoms with E-state index >= 15 is 0 Å². The molecule has 0 rings (SSSR count). The highest BCUT2D eigenvalue weighted by Gasteiger charge is 2.22. The monoisotopic (exact) mass is 1300 g/mol. The second kappa shape index (κ2) is 70.9. The maximum Gasteiger partial charge on any atom is 0.306 e. The fourth-order valence-electron chi connectivity index (χ4n) is 9.94. The van der Waals surface area contributed by atoms with Crippen molar-refractivity contribution >= 4 is 19.8 Å². The van der Waals surface area contributed by atoms with Crippen molar-refractivity contribution in [2.24, 2.45) is 0 Å². The number of quaternary nitrogens is 1. The van der Waals surface area contributed by atoms with Crippen molar-refractivity contribution < 1.29 is 42.1 Å². The van der Waals surface area contributed by atoms with E-state index in [1.807, 2.05) is 21.1 Å². The van der Waals surface area contributed by atoms with Crippen LogP contribution in [0, 0.1) is 0 Å². The molecule has 0 aromatic rings. The molecule has 0 aliphatic rings. The van der Waals surface area contributed by atoms with E-state index in [9.17, 15) is 19.0 Å². The average Bonchev–Trinajstić information content (AvgIpc) is 2.23. The van der Waals surface area contributed by atoms with Gasteiger partial charge in [0, 0.05) is 12.8 Å². The first-order valence-electron chi connectivity index (χ1n) is 37.2. The number of ether oxygens (including phenoxy) is 2. The van der Waals surface area contributed by atoms with Crippen LogP contribution in [0.5, 0.6) is 0 Å². The van der Waals surface area contributed by atoms with E-state index in [1.165, 1.54) is 135 Å². The minimum atomic E-state index is -4.66. The van der Waals surface area contributed by atoms with Gasteiger partial charge >= 0.3 is 11.9 Å². The molecule has 0 radical (unpaired) electrons. The summed E-state index contributed by atoms with van der Waals surface area (Å²) in [7, 11) is 1.15. The molecule has 0 spiro atoms. The van der Waals surface area contributed by atoms with E-state index in [2.05, 4.69) is 172 Å². The summed E-state index contributed by atoms with van der Waals surface area (Å²) in [5, 5.41) is 0. The van der Waals surface area contributed by atoms with Gasteiger partial charge in [-0.3, -0.25) is 14.2 Å². The Bertz CT molecular complexity index is 2110. The van der Waals surface area contributed by atoms with E-state index in [4.69, 9.17) is 18.5 Å². The van der Waals surface area contributed by atoms with Crippen molar-refractivity contribution in [1.82, 2.24) is 0 Å². The lowest BCUT2D eigenvalue weighted by molar-refractivity contribution is -0.870. The number of carbonyl (C=O) groups excluding carboxylic acids is 2. The van der Waals surface area contributed by atoms with Gasteiger partial charge in [0.2, 0.25) is 0 Å². The van der Waals surface area contributed by atoms with Crippen LogP contribution in [-0.2, 0) is 32.7 Å². The van der Waals surface area contributed by atoms with Gasteiger partial charge in [0.05, 0.1) is 27.7 Å². The topological polar surface area (TPSA) is 111 Å². The van der Waals surface area contributed by atoms with E-state index < -0.39 is 26.5 Å². The first kappa shape index (κ1) is 87.6. The average molecular weight is 1300 g/mol. The van der Waals surface area contributed by atoms with Crippen molar-refractivity contribution in [2.45, 2.75) is 302 Å². The molecule has 0 aliphatic heterocycles. The molecule has 0 aromatic carbocycles. The minimum Gasteiger partial charge on any atom is -0.756 e. The van der Waals surface area contributed by atoms with Crippen LogP contribution in [0.3, 0.4) is 0 Å². The van der Waals surface area contributed by atoms with E-state index in [1.54, 1.807) is 0 Å². The highest BCUT2D eigenvalue weighted by molar-refractivity contribution is 7.45. The van der Waals surface area contributed by atoms with Crippen LogP contribution in [0.2, 0.25) is 0 Å². The van der Waals surface area contributed by atoms with Crippen LogP contribution in [0.4, 0.5) is 0 Å². The highest BCUT2D eigenvalue weighted by Crippen LogP contribution is 2.38. The number of carbonyl (C=O) groups is 2. The van der Waals surface area contributed by atoms with Gasteiger partial charge in [-0.1, -0.05) is 320 Å². The largest absolute Gasteiger partial charge is 0.756 e. The number of unbranched alkanes of at least 4 members (excludes halogenated alkanes) is 27. The molecular formula is C82H138NO8P. The quantitative estimate of drug-likeness (QED) is 0.0195. The third-order valence-electron chi connectivity index (χ3n) is 15.5. The van der Waals surface area contributed by atoms with Gasteiger partial charge in [-0.25, -0.2) is 0 Å². The number of esters is 2. The van der Waals surface area contributed by atoms with Crippen LogP contribution in [0.25, 0.3) is 0 Å². The second-order valence-electron chi connectivity index (χ2n) is 25.5. The number of phosphoric ester groups is 1. The zero-order valence-electron chi connectivity index (χ0n) is 59.7. The molecular weight excluding hydrogens is 1160 g/mol. The Morgan fingerprint density at radius 3 is 0.870 bits per heavy atom. The Morgan fingerprint density at radius 2 is 0.587 bits per heavy atom. The van der Waals surface area contributed by atoms with Gasteiger partial charge in [-0.2, -0.15) is 0 Å². The molecule has 0 saturated heterocycles. The molecule has 524 valence electrons. The summed E-state index contributed by atoms with van der Waals surface area (Å²) in [6, 6.07) is 0. The summed E-state index contributed by atoms with van der Waals surface area (Å²) >= 11 is 0. The molecule has 0 bridgehead atoms. The fraction of sp³-hybridized carbons (Fsp3) is 0.659. The number of hydrogen-bond donors (Lipinski definition) is 0. The maximum absolute atomic E-state index is 12.9. The minimum absolute atomic E-state index is 0.0389. The zero-order valence-corrected chi connectivity index (χ0v) is 60.6. The highest BCUT2D eigenvalue weighted by atomic mass is 31.2. The summed E-state index contributed by atoms with van der Waals surface area (Å²) in [6.45, 7) is 4.01. The van der Waals surface area contributed by atoms with Crippen molar-refractivity contribution in [3.05, 3.63) is 158 Å². The summed E-state index contributed by atoms with van der Waals surface area (Å²) in [4.78, 5) is 38.1. The molecule has 10 heteroatoms. The van der Waals surface area contributed by atoms with Crippen LogP contribution >= 0.6 is 7.82 Å². The van der Waals surface area contributed by atoms with Crippen LogP contribution < -0.4 is 4.89 Å². The number of nitrogens with zero attached hydrogens (tertiary/aromatic N) is 1. The Labute approximate surface area is 566 Å². The summed E-state index contributed by atoms with van der Waals surface area (Å²) in [5.74, 6) is -0.843. The van der Waals surface area contributed by atoms with Gasteiger partial charge in [0.15, 0.2) is 6.10 Å². The molecule has 9 nitrogen and oxygen atoms in total. The third-order valence-corrected chi connectivity index (χ3v) is 16.5. The molecule has 0 fully saturated rings. The Kier molecular flexibility index (Phi) is 67.6. The number of allylic oxidation sites excluding steroid dienone is 26. The van der Waals surface area contributed by atoms with Crippen LogP contribution in [0.1, 0.15) is 296 Å². The zero-order chi connectivity index (χ0) is 66.9.